The minimum Gasteiger partial charge on any atom is -0.298 e. The fraction of sp³-hybridized carbons (Fsp3) is 0.176. The van der Waals surface area contributed by atoms with Crippen LogP contribution in [0.5, 0.6) is 0 Å². The molecule has 2 heterocycles. The maximum Gasteiger partial charge on any atom is 0.257 e. The van der Waals surface area contributed by atoms with Crippen LogP contribution in [0.25, 0.3) is 21.3 Å². The molecular weight excluding hydrogens is 340 g/mol. The van der Waals surface area contributed by atoms with Gasteiger partial charge in [-0.05, 0) is 35.7 Å². The summed E-state index contributed by atoms with van der Waals surface area (Å²) in [5.74, 6) is 0.203. The molecule has 0 fully saturated rings. The van der Waals surface area contributed by atoms with Gasteiger partial charge in [-0.2, -0.15) is 8.75 Å². The highest BCUT2D eigenvalue weighted by molar-refractivity contribution is 7.22. The second-order valence-electron chi connectivity index (χ2n) is 5.79. The number of fused-ring (bicyclic) bond motifs is 2. The average Bonchev–Trinajstić information content (AvgIpc) is 3.19. The Labute approximate surface area is 146 Å². The monoisotopic (exact) mass is 354 g/mol. The molecule has 4 aromatic rings. The van der Waals surface area contributed by atoms with Crippen molar-refractivity contribution in [2.45, 2.75) is 19.8 Å². The molecule has 24 heavy (non-hydrogen) atoms. The number of benzene rings is 2. The van der Waals surface area contributed by atoms with Gasteiger partial charge in [0.2, 0.25) is 0 Å². The normalized spacial score (nSPS) is 11.5. The summed E-state index contributed by atoms with van der Waals surface area (Å²) in [6.07, 6.45) is 0. The Morgan fingerprint density at radius 1 is 1.12 bits per heavy atom. The quantitative estimate of drug-likeness (QED) is 0.580. The number of amides is 1. The molecule has 1 N–H and O–H groups in total. The van der Waals surface area contributed by atoms with Crippen molar-refractivity contribution in [1.29, 1.82) is 0 Å². The van der Waals surface area contributed by atoms with Crippen molar-refractivity contribution in [3.63, 3.8) is 0 Å². The molecule has 120 valence electrons. The summed E-state index contributed by atoms with van der Waals surface area (Å²) in [4.78, 5) is 17.1. The summed E-state index contributed by atoms with van der Waals surface area (Å²) in [6.45, 7) is 4.28. The van der Waals surface area contributed by atoms with E-state index >= 15 is 0 Å². The molecule has 1 amide bonds. The number of anilines is 1. The van der Waals surface area contributed by atoms with Crippen molar-refractivity contribution in [1.82, 2.24) is 13.7 Å². The average molecular weight is 354 g/mol. The van der Waals surface area contributed by atoms with Gasteiger partial charge in [0.15, 0.2) is 5.13 Å². The molecule has 0 aliphatic carbocycles. The third-order valence-corrected chi connectivity index (χ3v) is 5.30. The van der Waals surface area contributed by atoms with E-state index in [9.17, 15) is 4.79 Å². The molecule has 0 saturated heterocycles. The van der Waals surface area contributed by atoms with Crippen molar-refractivity contribution in [3.8, 4) is 0 Å². The van der Waals surface area contributed by atoms with E-state index in [1.165, 1.54) is 16.9 Å². The van der Waals surface area contributed by atoms with Gasteiger partial charge in [0.25, 0.3) is 5.91 Å². The highest BCUT2D eigenvalue weighted by Gasteiger charge is 2.14. The lowest BCUT2D eigenvalue weighted by atomic mass is 10.0. The molecule has 2 aromatic carbocycles. The fourth-order valence-electron chi connectivity index (χ4n) is 2.58. The predicted octanol–water partition coefficient (Wildman–Crippen LogP) is 4.68. The molecule has 0 radical (unpaired) electrons. The molecule has 0 aliphatic heterocycles. The van der Waals surface area contributed by atoms with E-state index in [0.717, 1.165) is 33.0 Å². The van der Waals surface area contributed by atoms with Crippen molar-refractivity contribution >= 4 is 55.4 Å². The van der Waals surface area contributed by atoms with Gasteiger partial charge in [0.1, 0.15) is 11.0 Å². The summed E-state index contributed by atoms with van der Waals surface area (Å²) in [5, 5.41) is 3.51. The molecule has 0 atom stereocenters. The summed E-state index contributed by atoms with van der Waals surface area (Å²) in [6, 6.07) is 11.5. The largest absolute Gasteiger partial charge is 0.298 e. The molecule has 2 aromatic heterocycles. The van der Waals surface area contributed by atoms with Gasteiger partial charge < -0.3 is 0 Å². The minimum atomic E-state index is -0.185. The Balaban J connectivity index is 1.65. The predicted molar refractivity (Wildman–Crippen MR) is 99.1 cm³/mol. The third kappa shape index (κ3) is 2.65. The minimum absolute atomic E-state index is 0.185. The molecule has 0 spiro atoms. The Morgan fingerprint density at radius 3 is 2.79 bits per heavy atom. The van der Waals surface area contributed by atoms with Crippen molar-refractivity contribution in [3.05, 3.63) is 47.5 Å². The lowest BCUT2D eigenvalue weighted by molar-refractivity contribution is 0.102. The number of aromatic nitrogens is 3. The Kier molecular flexibility index (Phi) is 3.74. The second kappa shape index (κ2) is 5.92. The first kappa shape index (κ1) is 15.2. The first-order valence-electron chi connectivity index (χ1n) is 7.55. The lowest BCUT2D eigenvalue weighted by Crippen LogP contribution is -2.11. The van der Waals surface area contributed by atoms with E-state index < -0.39 is 0 Å². The first-order chi connectivity index (χ1) is 11.6. The maximum atomic E-state index is 12.5. The van der Waals surface area contributed by atoms with Crippen molar-refractivity contribution in [2.75, 3.05) is 5.32 Å². The molecule has 0 aliphatic rings. The van der Waals surface area contributed by atoms with Crippen LogP contribution in [-0.2, 0) is 0 Å². The van der Waals surface area contributed by atoms with Crippen LogP contribution in [0.4, 0.5) is 5.13 Å². The SMILES string of the molecule is CC(C)c1cccc2sc(NC(=O)c3ccc4nsnc4c3)nc12. The molecule has 7 heteroatoms. The Bertz CT molecular complexity index is 1050. The standard InChI is InChI=1S/C17H14N4OS2/c1-9(2)11-4-3-5-14-15(11)18-17(23-14)19-16(22)10-6-7-12-13(8-10)21-24-20-12/h3-9H,1-2H3,(H,18,19,22). The van der Waals surface area contributed by atoms with E-state index in [4.69, 9.17) is 0 Å². The molecule has 0 bridgehead atoms. The number of nitrogens with one attached hydrogen (secondary N) is 1. The zero-order valence-electron chi connectivity index (χ0n) is 13.1. The summed E-state index contributed by atoms with van der Waals surface area (Å²) >= 11 is 2.63. The van der Waals surface area contributed by atoms with Crippen LogP contribution in [0.15, 0.2) is 36.4 Å². The first-order valence-corrected chi connectivity index (χ1v) is 9.09. The van der Waals surface area contributed by atoms with Crippen LogP contribution in [0.3, 0.4) is 0 Å². The van der Waals surface area contributed by atoms with Gasteiger partial charge in [-0.3, -0.25) is 10.1 Å². The number of hydrogen-bond acceptors (Lipinski definition) is 6. The van der Waals surface area contributed by atoms with Gasteiger partial charge in [0, 0.05) is 5.56 Å². The third-order valence-electron chi connectivity index (χ3n) is 3.81. The highest BCUT2D eigenvalue weighted by Crippen LogP contribution is 2.31. The van der Waals surface area contributed by atoms with Crippen LogP contribution < -0.4 is 5.32 Å². The van der Waals surface area contributed by atoms with Gasteiger partial charge in [-0.1, -0.05) is 37.3 Å². The summed E-state index contributed by atoms with van der Waals surface area (Å²) in [7, 11) is 0. The zero-order chi connectivity index (χ0) is 16.7. The van der Waals surface area contributed by atoms with E-state index in [-0.39, 0.29) is 5.91 Å². The number of hydrogen-bond donors (Lipinski definition) is 1. The molecular formula is C17H14N4OS2. The van der Waals surface area contributed by atoms with Gasteiger partial charge >= 0.3 is 0 Å². The van der Waals surface area contributed by atoms with E-state index in [1.807, 2.05) is 18.2 Å². The summed E-state index contributed by atoms with van der Waals surface area (Å²) in [5.41, 5.74) is 4.25. The summed E-state index contributed by atoms with van der Waals surface area (Å²) < 4.78 is 9.40. The molecule has 0 saturated carbocycles. The maximum absolute atomic E-state index is 12.5. The topological polar surface area (TPSA) is 67.8 Å². The van der Waals surface area contributed by atoms with Crippen LogP contribution in [0.2, 0.25) is 0 Å². The van der Waals surface area contributed by atoms with Crippen LogP contribution in [0.1, 0.15) is 35.7 Å². The molecule has 4 rings (SSSR count). The van der Waals surface area contributed by atoms with E-state index in [2.05, 4.69) is 39.0 Å². The van der Waals surface area contributed by atoms with Crippen LogP contribution in [0, 0.1) is 0 Å². The number of nitrogens with zero attached hydrogens (tertiary/aromatic N) is 3. The Morgan fingerprint density at radius 2 is 1.96 bits per heavy atom. The van der Waals surface area contributed by atoms with Gasteiger partial charge in [-0.25, -0.2) is 4.98 Å². The fourth-order valence-corrected chi connectivity index (χ4v) is 3.99. The lowest BCUT2D eigenvalue weighted by Gasteiger charge is -2.04. The van der Waals surface area contributed by atoms with Crippen LogP contribution in [-0.4, -0.2) is 19.6 Å². The molecule has 5 nitrogen and oxygen atoms in total. The highest BCUT2D eigenvalue weighted by atomic mass is 32.1. The number of carbonyl (C=O) groups excluding carboxylic acids is 1. The van der Waals surface area contributed by atoms with E-state index in [1.54, 1.807) is 12.1 Å². The number of rotatable bonds is 3. The number of carbonyl (C=O) groups is 1. The molecule has 0 unspecified atom stereocenters. The number of para-hydroxylation sites is 1. The van der Waals surface area contributed by atoms with Crippen molar-refractivity contribution in [2.24, 2.45) is 0 Å². The Hall–Kier alpha value is -2.38. The van der Waals surface area contributed by atoms with Gasteiger partial charge in [0.05, 0.1) is 21.9 Å². The van der Waals surface area contributed by atoms with Crippen LogP contribution >= 0.6 is 23.1 Å². The smallest absolute Gasteiger partial charge is 0.257 e. The van der Waals surface area contributed by atoms with Gasteiger partial charge in [-0.15, -0.1) is 0 Å². The zero-order valence-corrected chi connectivity index (χ0v) is 14.7. The van der Waals surface area contributed by atoms with Crippen molar-refractivity contribution < 1.29 is 4.79 Å². The number of thiazole rings is 1. The van der Waals surface area contributed by atoms with E-state index in [0.29, 0.717) is 16.6 Å². The second-order valence-corrected chi connectivity index (χ2v) is 7.35.